The van der Waals surface area contributed by atoms with Crippen LogP contribution in [0, 0.1) is 5.82 Å². The first-order chi connectivity index (χ1) is 8.65. The second-order valence-electron chi connectivity index (χ2n) is 3.95. The van der Waals surface area contributed by atoms with E-state index in [1.165, 1.54) is 24.3 Å². The molecule has 2 aromatic rings. The van der Waals surface area contributed by atoms with Crippen LogP contribution in [0.25, 0.3) is 0 Å². The van der Waals surface area contributed by atoms with Gasteiger partial charge >= 0.3 is 0 Å². The van der Waals surface area contributed by atoms with Crippen LogP contribution in [0.4, 0.5) is 10.1 Å². The number of aliphatic hydroxyl groups excluding tert-OH is 1. The molecule has 0 saturated carbocycles. The summed E-state index contributed by atoms with van der Waals surface area (Å²) < 4.78 is 18.0. The Morgan fingerprint density at radius 2 is 1.67 bits per heavy atom. The van der Waals surface area contributed by atoms with Crippen LogP contribution in [0.5, 0.6) is 5.75 Å². The molecule has 4 heteroatoms. The number of nitrogens with two attached hydrogens (primary N) is 1. The Morgan fingerprint density at radius 3 is 2.28 bits per heavy atom. The van der Waals surface area contributed by atoms with E-state index in [9.17, 15) is 9.50 Å². The minimum absolute atomic E-state index is 0.107. The van der Waals surface area contributed by atoms with Crippen molar-refractivity contribution in [3.05, 3.63) is 59.9 Å². The van der Waals surface area contributed by atoms with Gasteiger partial charge in [-0.1, -0.05) is 12.1 Å². The summed E-state index contributed by atoms with van der Waals surface area (Å²) in [7, 11) is 0. The normalized spacial score (nSPS) is 12.1. The highest BCUT2D eigenvalue weighted by Crippen LogP contribution is 2.17. The molecule has 0 bridgehead atoms. The van der Waals surface area contributed by atoms with E-state index in [1.807, 2.05) is 0 Å². The molecule has 0 aliphatic heterocycles. The van der Waals surface area contributed by atoms with Crippen molar-refractivity contribution in [3.63, 3.8) is 0 Å². The average Bonchev–Trinajstić information content (AvgIpc) is 2.38. The Hall–Kier alpha value is -2.07. The number of nitrogen functional groups attached to an aromatic ring is 1. The highest BCUT2D eigenvalue weighted by molar-refractivity contribution is 5.39. The van der Waals surface area contributed by atoms with Gasteiger partial charge in [0.1, 0.15) is 24.3 Å². The zero-order valence-electron chi connectivity index (χ0n) is 9.71. The molecule has 94 valence electrons. The standard InChI is InChI=1S/C14H14FNO2/c15-11-3-7-13(8-4-11)18-9-14(17)10-1-5-12(16)6-2-10/h1-8,14,17H,9,16H2. The molecule has 0 amide bonds. The fourth-order valence-corrected chi connectivity index (χ4v) is 1.52. The van der Waals surface area contributed by atoms with Crippen LogP contribution in [0.3, 0.4) is 0 Å². The molecular formula is C14H14FNO2. The summed E-state index contributed by atoms with van der Waals surface area (Å²) in [5.74, 6) is 0.201. The minimum atomic E-state index is -0.740. The molecule has 0 spiro atoms. The van der Waals surface area contributed by atoms with Gasteiger partial charge in [0.15, 0.2) is 0 Å². The van der Waals surface area contributed by atoms with E-state index in [4.69, 9.17) is 10.5 Å². The van der Waals surface area contributed by atoms with Gasteiger partial charge in [-0.2, -0.15) is 0 Å². The molecule has 0 saturated heterocycles. The summed E-state index contributed by atoms with van der Waals surface area (Å²) >= 11 is 0. The maximum Gasteiger partial charge on any atom is 0.123 e. The molecule has 3 N–H and O–H groups in total. The third-order valence-corrected chi connectivity index (χ3v) is 2.54. The fourth-order valence-electron chi connectivity index (χ4n) is 1.52. The molecule has 1 unspecified atom stereocenters. The van der Waals surface area contributed by atoms with Gasteiger partial charge in [0, 0.05) is 5.69 Å². The van der Waals surface area contributed by atoms with Crippen molar-refractivity contribution in [2.24, 2.45) is 0 Å². The summed E-state index contributed by atoms with van der Waals surface area (Å²) in [6.45, 7) is 0.107. The summed E-state index contributed by atoms with van der Waals surface area (Å²) in [6.07, 6.45) is -0.740. The van der Waals surface area contributed by atoms with E-state index in [0.29, 0.717) is 11.4 Å². The third kappa shape index (κ3) is 3.21. The second-order valence-corrected chi connectivity index (χ2v) is 3.95. The Labute approximate surface area is 105 Å². The molecule has 0 aromatic heterocycles. The van der Waals surface area contributed by atoms with Gasteiger partial charge in [0.25, 0.3) is 0 Å². The first-order valence-electron chi connectivity index (χ1n) is 5.57. The van der Waals surface area contributed by atoms with Gasteiger partial charge in [-0.15, -0.1) is 0 Å². The number of anilines is 1. The largest absolute Gasteiger partial charge is 0.491 e. The van der Waals surface area contributed by atoms with Crippen LogP contribution in [0.15, 0.2) is 48.5 Å². The van der Waals surface area contributed by atoms with Crippen molar-refractivity contribution in [1.29, 1.82) is 0 Å². The van der Waals surface area contributed by atoms with Gasteiger partial charge in [-0.3, -0.25) is 0 Å². The maximum atomic E-state index is 12.7. The van der Waals surface area contributed by atoms with Crippen LogP contribution in [-0.4, -0.2) is 11.7 Å². The predicted octanol–water partition coefficient (Wildman–Crippen LogP) is 2.52. The Balaban J connectivity index is 1.93. The Morgan fingerprint density at radius 1 is 1.06 bits per heavy atom. The number of ether oxygens (including phenoxy) is 1. The Bertz CT molecular complexity index is 496. The second kappa shape index (κ2) is 5.51. The number of rotatable bonds is 4. The van der Waals surface area contributed by atoms with Crippen LogP contribution in [0.1, 0.15) is 11.7 Å². The molecule has 0 fully saturated rings. The van der Waals surface area contributed by atoms with Crippen LogP contribution in [0.2, 0.25) is 0 Å². The maximum absolute atomic E-state index is 12.7. The lowest BCUT2D eigenvalue weighted by molar-refractivity contribution is 0.108. The Kier molecular flexibility index (Phi) is 3.79. The fraction of sp³-hybridized carbons (Fsp3) is 0.143. The van der Waals surface area contributed by atoms with Crippen molar-refractivity contribution in [3.8, 4) is 5.75 Å². The molecule has 0 heterocycles. The van der Waals surface area contributed by atoms with Gasteiger partial charge in [-0.05, 0) is 42.0 Å². The lowest BCUT2D eigenvalue weighted by atomic mass is 10.1. The van der Waals surface area contributed by atoms with Gasteiger partial charge in [-0.25, -0.2) is 4.39 Å². The van der Waals surface area contributed by atoms with Crippen molar-refractivity contribution in [2.45, 2.75) is 6.10 Å². The molecule has 18 heavy (non-hydrogen) atoms. The molecule has 0 radical (unpaired) electrons. The van der Waals surface area contributed by atoms with Crippen molar-refractivity contribution < 1.29 is 14.2 Å². The lowest BCUT2D eigenvalue weighted by Crippen LogP contribution is -2.09. The summed E-state index contributed by atoms with van der Waals surface area (Å²) in [5.41, 5.74) is 6.93. The molecule has 0 aliphatic rings. The van der Waals surface area contributed by atoms with E-state index >= 15 is 0 Å². The topological polar surface area (TPSA) is 55.5 Å². The van der Waals surface area contributed by atoms with E-state index < -0.39 is 6.10 Å². The monoisotopic (exact) mass is 247 g/mol. The first-order valence-corrected chi connectivity index (χ1v) is 5.57. The van der Waals surface area contributed by atoms with Gasteiger partial charge in [0.05, 0.1) is 0 Å². The number of benzene rings is 2. The number of hydrogen-bond acceptors (Lipinski definition) is 3. The zero-order valence-corrected chi connectivity index (χ0v) is 9.71. The summed E-state index contributed by atoms with van der Waals surface area (Å²) in [6, 6.07) is 12.6. The van der Waals surface area contributed by atoms with Crippen LogP contribution >= 0.6 is 0 Å². The quantitative estimate of drug-likeness (QED) is 0.816. The highest BCUT2D eigenvalue weighted by atomic mass is 19.1. The van der Waals surface area contributed by atoms with E-state index in [1.54, 1.807) is 24.3 Å². The predicted molar refractivity (Wildman–Crippen MR) is 67.7 cm³/mol. The first kappa shape index (κ1) is 12.4. The molecule has 0 aliphatic carbocycles. The number of hydrogen-bond donors (Lipinski definition) is 2. The summed E-state index contributed by atoms with van der Waals surface area (Å²) in [5, 5.41) is 9.89. The van der Waals surface area contributed by atoms with Gasteiger partial charge < -0.3 is 15.6 Å². The summed E-state index contributed by atoms with van der Waals surface area (Å²) in [4.78, 5) is 0. The molecule has 3 nitrogen and oxygen atoms in total. The molecule has 2 rings (SSSR count). The number of halogens is 1. The third-order valence-electron chi connectivity index (χ3n) is 2.54. The van der Waals surface area contributed by atoms with Crippen LogP contribution < -0.4 is 10.5 Å². The smallest absolute Gasteiger partial charge is 0.123 e. The number of aliphatic hydroxyl groups is 1. The van der Waals surface area contributed by atoms with Crippen molar-refractivity contribution >= 4 is 5.69 Å². The van der Waals surface area contributed by atoms with E-state index in [2.05, 4.69) is 0 Å². The highest BCUT2D eigenvalue weighted by Gasteiger charge is 2.08. The SMILES string of the molecule is Nc1ccc(C(O)COc2ccc(F)cc2)cc1. The van der Waals surface area contributed by atoms with Gasteiger partial charge in [0.2, 0.25) is 0 Å². The van der Waals surface area contributed by atoms with Crippen LogP contribution in [-0.2, 0) is 0 Å². The zero-order chi connectivity index (χ0) is 13.0. The van der Waals surface area contributed by atoms with E-state index in [-0.39, 0.29) is 12.4 Å². The van der Waals surface area contributed by atoms with E-state index in [0.717, 1.165) is 5.56 Å². The lowest BCUT2D eigenvalue weighted by Gasteiger charge is -2.12. The molecular weight excluding hydrogens is 233 g/mol. The average molecular weight is 247 g/mol. The minimum Gasteiger partial charge on any atom is -0.491 e. The molecule has 2 aromatic carbocycles. The van der Waals surface area contributed by atoms with Crippen molar-refractivity contribution in [2.75, 3.05) is 12.3 Å². The molecule has 1 atom stereocenters. The van der Waals surface area contributed by atoms with Crippen molar-refractivity contribution in [1.82, 2.24) is 0 Å².